The Bertz CT molecular complexity index is 438. The summed E-state index contributed by atoms with van der Waals surface area (Å²) in [5.74, 6) is 0.543. The van der Waals surface area contributed by atoms with Gasteiger partial charge >= 0.3 is 0 Å². The molecule has 0 bridgehead atoms. The number of nitrogens with two attached hydrogens (primary N) is 1. The van der Waals surface area contributed by atoms with Gasteiger partial charge in [-0.1, -0.05) is 0 Å². The Hall–Kier alpha value is -1.14. The highest BCUT2D eigenvalue weighted by Gasteiger charge is 2.41. The van der Waals surface area contributed by atoms with Crippen molar-refractivity contribution in [2.45, 2.75) is 43.9 Å². The third kappa shape index (κ3) is 3.12. The number of ether oxygens (including phenoxy) is 1. The predicted molar refractivity (Wildman–Crippen MR) is 76.6 cm³/mol. The number of aromatic nitrogens is 2. The maximum Gasteiger partial charge on any atom is 0.163 e. The number of alkyl halides is 1. The van der Waals surface area contributed by atoms with Crippen LogP contribution < -0.4 is 10.5 Å². The van der Waals surface area contributed by atoms with Crippen LogP contribution in [-0.2, 0) is 12.2 Å². The third-order valence-electron chi connectivity index (χ3n) is 4.03. The Labute approximate surface area is 119 Å². The van der Waals surface area contributed by atoms with Crippen LogP contribution in [0.1, 0.15) is 31.4 Å². The van der Waals surface area contributed by atoms with Crippen LogP contribution in [-0.4, -0.2) is 48.5 Å². The summed E-state index contributed by atoms with van der Waals surface area (Å²) < 4.78 is 22.4. The molecular weight excluding hydrogens is 259 g/mol. The molecule has 20 heavy (non-hydrogen) atoms. The van der Waals surface area contributed by atoms with Gasteiger partial charge in [-0.15, -0.1) is 0 Å². The van der Waals surface area contributed by atoms with Crippen molar-refractivity contribution in [2.75, 3.05) is 27.7 Å². The molecule has 0 radical (unpaired) electrons. The summed E-state index contributed by atoms with van der Waals surface area (Å²) in [6, 6.07) is 0.114. The van der Waals surface area contributed by atoms with E-state index in [4.69, 9.17) is 10.5 Å². The summed E-state index contributed by atoms with van der Waals surface area (Å²) in [7, 11) is 5.55. The van der Waals surface area contributed by atoms with E-state index in [9.17, 15) is 0 Å². The lowest BCUT2D eigenvalue weighted by atomic mass is 9.81. The van der Waals surface area contributed by atoms with Gasteiger partial charge in [0.05, 0.1) is 19.9 Å². The molecule has 1 fully saturated rings. The fraction of sp³-hybridized carbons (Fsp3) is 0.786. The molecular formula is C14H25FN4O. The lowest BCUT2D eigenvalue weighted by Crippen LogP contribution is -2.36. The fourth-order valence-electron chi connectivity index (χ4n) is 2.77. The van der Waals surface area contributed by atoms with Crippen molar-refractivity contribution in [3.63, 3.8) is 0 Å². The number of rotatable bonds is 5. The molecule has 1 heterocycles. The molecule has 0 unspecified atom stereocenters. The molecule has 1 aliphatic carbocycles. The second-order valence-electron chi connectivity index (χ2n) is 5.89. The molecule has 6 heteroatoms. The Balaban J connectivity index is 2.25. The number of halogens is 1. The maximum atomic E-state index is 15.3. The summed E-state index contributed by atoms with van der Waals surface area (Å²) in [6.45, 7) is 1.47. The zero-order valence-electron chi connectivity index (χ0n) is 12.6. The molecule has 1 aromatic heterocycles. The Morgan fingerprint density at radius 1 is 1.50 bits per heavy atom. The van der Waals surface area contributed by atoms with Crippen molar-refractivity contribution in [3.8, 4) is 5.75 Å². The first-order chi connectivity index (χ1) is 9.46. The van der Waals surface area contributed by atoms with Crippen LogP contribution in [0.2, 0.25) is 0 Å². The van der Waals surface area contributed by atoms with Gasteiger partial charge in [-0.3, -0.25) is 4.68 Å². The van der Waals surface area contributed by atoms with E-state index >= 15 is 4.39 Å². The van der Waals surface area contributed by atoms with Gasteiger partial charge in [0.15, 0.2) is 11.4 Å². The van der Waals surface area contributed by atoms with Crippen LogP contribution in [0.25, 0.3) is 0 Å². The Kier molecular flexibility index (Phi) is 4.65. The van der Waals surface area contributed by atoms with Crippen LogP contribution in [0.3, 0.4) is 0 Å². The van der Waals surface area contributed by atoms with E-state index in [1.165, 1.54) is 0 Å². The van der Waals surface area contributed by atoms with E-state index in [0.29, 0.717) is 43.7 Å². The average Bonchev–Trinajstić information content (AvgIpc) is 2.84. The van der Waals surface area contributed by atoms with Gasteiger partial charge in [-0.2, -0.15) is 5.10 Å². The quantitative estimate of drug-likeness (QED) is 0.890. The monoisotopic (exact) mass is 284 g/mol. The minimum atomic E-state index is -1.37. The lowest BCUT2D eigenvalue weighted by Gasteiger charge is -2.33. The van der Waals surface area contributed by atoms with Gasteiger partial charge in [0.25, 0.3) is 0 Å². The van der Waals surface area contributed by atoms with Crippen LogP contribution in [0.15, 0.2) is 6.20 Å². The molecule has 5 nitrogen and oxygen atoms in total. The van der Waals surface area contributed by atoms with Crippen molar-refractivity contribution < 1.29 is 9.13 Å². The summed E-state index contributed by atoms with van der Waals surface area (Å²) in [6.07, 6.45) is 3.91. The van der Waals surface area contributed by atoms with Gasteiger partial charge in [-0.25, -0.2) is 4.39 Å². The van der Waals surface area contributed by atoms with E-state index in [1.54, 1.807) is 18.0 Å². The Morgan fingerprint density at radius 3 is 2.70 bits per heavy atom. The number of hydrogen-bond donors (Lipinski definition) is 1. The number of likely N-dealkylation sites (N-methyl/N-ethyl adjacent to an activating group) is 1. The molecule has 0 aromatic carbocycles. The van der Waals surface area contributed by atoms with Crippen LogP contribution >= 0.6 is 0 Å². The second-order valence-corrected chi connectivity index (χ2v) is 5.89. The summed E-state index contributed by atoms with van der Waals surface area (Å²) in [4.78, 5) is 2.06. The van der Waals surface area contributed by atoms with Crippen molar-refractivity contribution in [2.24, 2.45) is 5.73 Å². The van der Waals surface area contributed by atoms with E-state index in [1.807, 2.05) is 14.1 Å². The SMILES string of the molecule is COc1cnn(CCN(C)C)c1C1(F)CCC(N)CC1. The standard InChI is InChI=1S/C14H25FN4O/c1-18(2)8-9-19-13(12(20-3)10-17-19)14(15)6-4-11(16)5-7-14/h10-11H,4-9,16H2,1-3H3. The minimum Gasteiger partial charge on any atom is -0.493 e. The minimum absolute atomic E-state index is 0.114. The second kappa shape index (κ2) is 6.10. The molecule has 2 N–H and O–H groups in total. The van der Waals surface area contributed by atoms with E-state index in [0.717, 1.165) is 6.54 Å². The largest absolute Gasteiger partial charge is 0.493 e. The van der Waals surface area contributed by atoms with Gasteiger partial charge in [0.2, 0.25) is 0 Å². The molecule has 0 aliphatic heterocycles. The molecule has 114 valence electrons. The number of nitrogens with zero attached hydrogens (tertiary/aromatic N) is 3. The average molecular weight is 284 g/mol. The predicted octanol–water partition coefficient (Wildman–Crippen LogP) is 1.52. The molecule has 0 saturated heterocycles. The van der Waals surface area contributed by atoms with Crippen LogP contribution in [0, 0.1) is 0 Å². The maximum absolute atomic E-state index is 15.3. The van der Waals surface area contributed by atoms with E-state index in [2.05, 4.69) is 10.00 Å². The Morgan fingerprint density at radius 2 is 2.15 bits per heavy atom. The highest BCUT2D eigenvalue weighted by Crippen LogP contribution is 2.44. The summed E-state index contributed by atoms with van der Waals surface area (Å²) in [5, 5.41) is 4.29. The van der Waals surface area contributed by atoms with Gasteiger partial charge in [0, 0.05) is 12.6 Å². The van der Waals surface area contributed by atoms with Gasteiger partial charge < -0.3 is 15.4 Å². The molecule has 0 atom stereocenters. The molecule has 1 saturated carbocycles. The highest BCUT2D eigenvalue weighted by atomic mass is 19.1. The fourth-order valence-corrected chi connectivity index (χ4v) is 2.77. The number of methoxy groups -OCH3 is 1. The first kappa shape index (κ1) is 15.3. The van der Waals surface area contributed by atoms with Crippen molar-refractivity contribution in [1.29, 1.82) is 0 Å². The van der Waals surface area contributed by atoms with Crippen molar-refractivity contribution in [3.05, 3.63) is 11.9 Å². The van der Waals surface area contributed by atoms with Crippen LogP contribution in [0.4, 0.5) is 4.39 Å². The normalized spacial score (nSPS) is 27.0. The zero-order valence-corrected chi connectivity index (χ0v) is 12.6. The van der Waals surface area contributed by atoms with E-state index in [-0.39, 0.29) is 6.04 Å². The molecule has 0 spiro atoms. The molecule has 1 aromatic rings. The zero-order chi connectivity index (χ0) is 14.8. The van der Waals surface area contributed by atoms with Crippen LogP contribution in [0.5, 0.6) is 5.75 Å². The smallest absolute Gasteiger partial charge is 0.163 e. The third-order valence-corrected chi connectivity index (χ3v) is 4.03. The van der Waals surface area contributed by atoms with Crippen molar-refractivity contribution >= 4 is 0 Å². The highest BCUT2D eigenvalue weighted by molar-refractivity contribution is 5.31. The van der Waals surface area contributed by atoms with Gasteiger partial charge in [0.1, 0.15) is 5.69 Å². The summed E-state index contributed by atoms with van der Waals surface area (Å²) >= 11 is 0. The van der Waals surface area contributed by atoms with Gasteiger partial charge in [-0.05, 0) is 39.8 Å². The van der Waals surface area contributed by atoms with E-state index < -0.39 is 5.67 Å². The topological polar surface area (TPSA) is 56.3 Å². The first-order valence-corrected chi connectivity index (χ1v) is 7.16. The van der Waals surface area contributed by atoms with Crippen molar-refractivity contribution in [1.82, 2.24) is 14.7 Å². The molecule has 2 rings (SSSR count). The molecule has 0 amide bonds. The number of hydrogen-bond acceptors (Lipinski definition) is 4. The molecule has 1 aliphatic rings. The lowest BCUT2D eigenvalue weighted by molar-refractivity contribution is 0.0830. The first-order valence-electron chi connectivity index (χ1n) is 7.16. The summed E-state index contributed by atoms with van der Waals surface area (Å²) in [5.41, 5.74) is 5.10.